The summed E-state index contributed by atoms with van der Waals surface area (Å²) < 4.78 is 5.10. The summed E-state index contributed by atoms with van der Waals surface area (Å²) in [6.45, 7) is 4.25. The van der Waals surface area contributed by atoms with Crippen LogP contribution in [0.5, 0.6) is 5.75 Å². The molecule has 9 nitrogen and oxygen atoms in total. The van der Waals surface area contributed by atoms with Crippen LogP contribution in [0.1, 0.15) is 29.8 Å². The van der Waals surface area contributed by atoms with E-state index in [4.69, 9.17) is 4.74 Å². The second kappa shape index (κ2) is 10.0. The predicted octanol–water partition coefficient (Wildman–Crippen LogP) is 2.81. The van der Waals surface area contributed by atoms with E-state index in [2.05, 4.69) is 10.6 Å². The molecule has 0 aliphatic rings. The number of hydrogen-bond donors (Lipinski definition) is 2. The van der Waals surface area contributed by atoms with Gasteiger partial charge in [0.15, 0.2) is 0 Å². The number of amides is 2. The van der Waals surface area contributed by atoms with E-state index in [0.29, 0.717) is 24.5 Å². The number of anilines is 1. The molecule has 0 saturated carbocycles. The first-order valence-electron chi connectivity index (χ1n) is 9.73. The average molecular weight is 428 g/mol. The molecule has 0 atom stereocenters. The van der Waals surface area contributed by atoms with Crippen LogP contribution < -0.4 is 15.4 Å². The quantitative estimate of drug-likeness (QED) is 0.469. The van der Waals surface area contributed by atoms with Gasteiger partial charge in [0.05, 0.1) is 17.4 Å². The van der Waals surface area contributed by atoms with Crippen LogP contribution in [0.4, 0.5) is 11.4 Å². The van der Waals surface area contributed by atoms with Crippen LogP contribution in [0, 0.1) is 10.1 Å². The zero-order chi connectivity index (χ0) is 23.2. The summed E-state index contributed by atoms with van der Waals surface area (Å²) in [7, 11) is 5.32. The Balaban J connectivity index is 2.31. The third-order valence-corrected chi connectivity index (χ3v) is 4.89. The first-order valence-corrected chi connectivity index (χ1v) is 9.73. The molecule has 9 heteroatoms. The summed E-state index contributed by atoms with van der Waals surface area (Å²) in [4.78, 5) is 38.5. The number of rotatable bonds is 9. The van der Waals surface area contributed by atoms with Crippen molar-refractivity contribution in [1.82, 2.24) is 10.2 Å². The Morgan fingerprint density at radius 3 is 2.32 bits per heavy atom. The smallest absolute Gasteiger partial charge is 0.273 e. The van der Waals surface area contributed by atoms with E-state index in [-0.39, 0.29) is 22.7 Å². The van der Waals surface area contributed by atoms with Gasteiger partial charge < -0.3 is 20.3 Å². The van der Waals surface area contributed by atoms with E-state index in [0.717, 1.165) is 0 Å². The summed E-state index contributed by atoms with van der Waals surface area (Å²) in [5, 5.41) is 17.1. The number of benzene rings is 2. The Morgan fingerprint density at radius 2 is 1.77 bits per heavy atom. The number of carbonyl (C=O) groups is 2. The molecule has 0 unspecified atom stereocenters. The first-order chi connectivity index (χ1) is 14.6. The van der Waals surface area contributed by atoms with Gasteiger partial charge in [-0.05, 0) is 64.3 Å². The highest BCUT2D eigenvalue weighted by molar-refractivity contribution is 6.00. The number of nitrogens with one attached hydrogen (secondary N) is 2. The maximum atomic E-state index is 13.0. The van der Waals surface area contributed by atoms with Crippen molar-refractivity contribution in [2.75, 3.05) is 39.6 Å². The molecule has 0 aliphatic heterocycles. The van der Waals surface area contributed by atoms with Crippen LogP contribution in [0.15, 0.2) is 42.5 Å². The number of ether oxygens (including phenoxy) is 1. The molecule has 2 aromatic rings. The molecule has 0 aliphatic carbocycles. The van der Waals surface area contributed by atoms with E-state index in [1.54, 1.807) is 45.2 Å². The Bertz CT molecular complexity index is 955. The van der Waals surface area contributed by atoms with Crippen LogP contribution in [0.3, 0.4) is 0 Å². The Morgan fingerprint density at radius 1 is 1.13 bits per heavy atom. The minimum atomic E-state index is -1.28. The zero-order valence-electron chi connectivity index (χ0n) is 18.4. The fourth-order valence-corrected chi connectivity index (χ4v) is 2.92. The van der Waals surface area contributed by atoms with Crippen LogP contribution in [-0.2, 0) is 10.2 Å². The molecule has 0 saturated heterocycles. The second-order valence-electron chi connectivity index (χ2n) is 7.86. The van der Waals surface area contributed by atoms with Crippen molar-refractivity contribution in [2.24, 2.45) is 0 Å². The summed E-state index contributed by atoms with van der Waals surface area (Å²) >= 11 is 0. The highest BCUT2D eigenvalue weighted by Crippen LogP contribution is 2.33. The minimum absolute atomic E-state index is 0.156. The van der Waals surface area contributed by atoms with Crippen molar-refractivity contribution in [1.29, 1.82) is 0 Å². The number of hydrogen-bond acceptors (Lipinski definition) is 6. The molecule has 2 amide bonds. The number of likely N-dealkylation sites (N-methyl/N-ethyl adjacent to an activating group) is 1. The number of nitrogens with zero attached hydrogens (tertiary/aromatic N) is 2. The topological polar surface area (TPSA) is 114 Å². The van der Waals surface area contributed by atoms with Crippen molar-refractivity contribution >= 4 is 23.2 Å². The maximum absolute atomic E-state index is 13.0. The highest BCUT2D eigenvalue weighted by atomic mass is 16.6. The molecule has 0 bridgehead atoms. The van der Waals surface area contributed by atoms with Crippen molar-refractivity contribution in [3.8, 4) is 5.75 Å². The Kier molecular flexibility index (Phi) is 7.71. The summed E-state index contributed by atoms with van der Waals surface area (Å²) in [6, 6.07) is 10.8. The van der Waals surface area contributed by atoms with Gasteiger partial charge in [-0.2, -0.15) is 0 Å². The fraction of sp³-hybridized carbons (Fsp3) is 0.364. The number of nitro benzene ring substituents is 1. The predicted molar refractivity (Wildman–Crippen MR) is 119 cm³/mol. The maximum Gasteiger partial charge on any atom is 0.273 e. The van der Waals surface area contributed by atoms with E-state index in [1.807, 2.05) is 19.0 Å². The second-order valence-corrected chi connectivity index (χ2v) is 7.86. The van der Waals surface area contributed by atoms with Gasteiger partial charge in [0.2, 0.25) is 5.91 Å². The van der Waals surface area contributed by atoms with E-state index in [1.165, 1.54) is 18.2 Å². The van der Waals surface area contributed by atoms with Gasteiger partial charge in [-0.3, -0.25) is 19.7 Å². The number of carbonyl (C=O) groups excluding carboxylic acids is 2. The molecule has 0 heterocycles. The standard InChI is InChI=1S/C22H28N4O5/c1-22(2,21(28)24-16-7-9-17(31-5)10-8-16)18-14-15(6-11-19(18)26(29)30)20(27)23-12-13-25(3)4/h6-11,14H,12-13H2,1-5H3,(H,23,27)(H,24,28). The van der Waals surface area contributed by atoms with Crippen LogP contribution in [-0.4, -0.2) is 55.9 Å². The van der Waals surface area contributed by atoms with Crippen LogP contribution in [0.25, 0.3) is 0 Å². The molecular formula is C22H28N4O5. The molecule has 2 N–H and O–H groups in total. The molecule has 31 heavy (non-hydrogen) atoms. The Hall–Kier alpha value is -3.46. The van der Waals surface area contributed by atoms with Crippen molar-refractivity contribution in [3.63, 3.8) is 0 Å². The van der Waals surface area contributed by atoms with Crippen LogP contribution in [0.2, 0.25) is 0 Å². The van der Waals surface area contributed by atoms with Crippen molar-refractivity contribution in [2.45, 2.75) is 19.3 Å². The van der Waals surface area contributed by atoms with Gasteiger partial charge in [0.25, 0.3) is 11.6 Å². The lowest BCUT2D eigenvalue weighted by Crippen LogP contribution is -2.36. The van der Waals surface area contributed by atoms with Gasteiger partial charge in [-0.15, -0.1) is 0 Å². The molecule has 0 aromatic heterocycles. The fourth-order valence-electron chi connectivity index (χ4n) is 2.92. The molecule has 2 rings (SSSR count). The highest BCUT2D eigenvalue weighted by Gasteiger charge is 2.36. The van der Waals surface area contributed by atoms with Gasteiger partial charge >= 0.3 is 0 Å². The SMILES string of the molecule is COc1ccc(NC(=O)C(C)(C)c2cc(C(=O)NCCN(C)C)ccc2[N+](=O)[O-])cc1. The average Bonchev–Trinajstić information content (AvgIpc) is 2.73. The van der Waals surface area contributed by atoms with E-state index >= 15 is 0 Å². The van der Waals surface area contributed by atoms with E-state index < -0.39 is 16.2 Å². The van der Waals surface area contributed by atoms with E-state index in [9.17, 15) is 19.7 Å². The van der Waals surface area contributed by atoms with Gasteiger partial charge in [-0.1, -0.05) is 0 Å². The lowest BCUT2D eigenvalue weighted by molar-refractivity contribution is -0.385. The molecule has 0 spiro atoms. The first kappa shape index (κ1) is 23.8. The molecule has 2 aromatic carbocycles. The van der Waals surface area contributed by atoms with Crippen LogP contribution >= 0.6 is 0 Å². The summed E-state index contributed by atoms with van der Waals surface area (Å²) in [5.41, 5.74) is -0.560. The molecule has 0 fully saturated rings. The third kappa shape index (κ3) is 6.02. The molecule has 166 valence electrons. The Labute approximate surface area is 181 Å². The summed E-state index contributed by atoms with van der Waals surface area (Å²) in [6.07, 6.45) is 0. The monoisotopic (exact) mass is 428 g/mol. The van der Waals surface area contributed by atoms with Gasteiger partial charge in [-0.25, -0.2) is 0 Å². The zero-order valence-corrected chi connectivity index (χ0v) is 18.4. The number of nitro groups is 1. The van der Waals surface area contributed by atoms with Gasteiger partial charge in [0, 0.05) is 36.0 Å². The van der Waals surface area contributed by atoms with Crippen molar-refractivity contribution in [3.05, 3.63) is 63.7 Å². The normalized spacial score (nSPS) is 11.2. The lowest BCUT2D eigenvalue weighted by atomic mass is 9.81. The lowest BCUT2D eigenvalue weighted by Gasteiger charge is -2.24. The van der Waals surface area contributed by atoms with Gasteiger partial charge in [0.1, 0.15) is 5.75 Å². The largest absolute Gasteiger partial charge is 0.497 e. The third-order valence-electron chi connectivity index (χ3n) is 4.89. The molecular weight excluding hydrogens is 400 g/mol. The summed E-state index contributed by atoms with van der Waals surface area (Å²) in [5.74, 6) is -0.156. The molecule has 0 radical (unpaired) electrons. The number of methoxy groups -OCH3 is 1. The minimum Gasteiger partial charge on any atom is -0.497 e. The van der Waals surface area contributed by atoms with Crippen molar-refractivity contribution < 1.29 is 19.2 Å².